The highest BCUT2D eigenvalue weighted by molar-refractivity contribution is 7.17. The number of nitrogens with two attached hydrogens (primary N) is 1. The fourth-order valence-electron chi connectivity index (χ4n) is 2.42. The van der Waals surface area contributed by atoms with Crippen molar-refractivity contribution in [2.75, 3.05) is 0 Å². The summed E-state index contributed by atoms with van der Waals surface area (Å²) in [6, 6.07) is 12.8. The van der Waals surface area contributed by atoms with E-state index < -0.39 is 5.91 Å². The third-order valence-electron chi connectivity index (χ3n) is 3.76. The Kier molecular flexibility index (Phi) is 5.09. The van der Waals surface area contributed by atoms with Crippen molar-refractivity contribution in [3.63, 3.8) is 0 Å². The zero-order chi connectivity index (χ0) is 18.7. The van der Waals surface area contributed by atoms with Crippen LogP contribution in [-0.2, 0) is 6.54 Å². The highest BCUT2D eigenvalue weighted by Gasteiger charge is 2.16. The van der Waals surface area contributed by atoms with Gasteiger partial charge in [-0.15, -0.1) is 11.3 Å². The predicted molar refractivity (Wildman–Crippen MR) is 98.4 cm³/mol. The molecule has 0 bridgehead atoms. The first kappa shape index (κ1) is 17.8. The first-order chi connectivity index (χ1) is 12.4. The van der Waals surface area contributed by atoms with Crippen molar-refractivity contribution in [3.8, 4) is 10.6 Å². The molecule has 7 heteroatoms. The van der Waals surface area contributed by atoms with Gasteiger partial charge >= 0.3 is 0 Å². The minimum absolute atomic E-state index is 0.252. The molecule has 1 aromatic heterocycles. The molecule has 0 aliphatic carbocycles. The lowest BCUT2D eigenvalue weighted by molar-refractivity contribution is 0.0953. The van der Waals surface area contributed by atoms with Crippen LogP contribution in [0.15, 0.2) is 48.5 Å². The van der Waals surface area contributed by atoms with E-state index in [9.17, 15) is 14.0 Å². The van der Waals surface area contributed by atoms with Gasteiger partial charge in [0, 0.05) is 17.7 Å². The van der Waals surface area contributed by atoms with Crippen molar-refractivity contribution >= 4 is 23.2 Å². The molecule has 0 atom stereocenters. The van der Waals surface area contributed by atoms with Gasteiger partial charge in [0.05, 0.1) is 5.69 Å². The van der Waals surface area contributed by atoms with E-state index in [0.717, 1.165) is 11.1 Å². The van der Waals surface area contributed by atoms with Crippen LogP contribution in [-0.4, -0.2) is 16.8 Å². The highest BCUT2D eigenvalue weighted by Crippen LogP contribution is 2.28. The molecule has 0 radical (unpaired) electrons. The Morgan fingerprint density at radius 3 is 2.62 bits per heavy atom. The molecule has 3 rings (SSSR count). The minimum Gasteiger partial charge on any atom is -0.366 e. The van der Waals surface area contributed by atoms with Gasteiger partial charge < -0.3 is 11.1 Å². The van der Waals surface area contributed by atoms with Crippen molar-refractivity contribution in [1.29, 1.82) is 0 Å². The molecule has 0 fully saturated rings. The topological polar surface area (TPSA) is 85.1 Å². The van der Waals surface area contributed by atoms with Gasteiger partial charge in [0.15, 0.2) is 0 Å². The number of benzene rings is 2. The van der Waals surface area contributed by atoms with Crippen LogP contribution in [0.2, 0.25) is 0 Å². The smallest absolute Gasteiger partial charge is 0.263 e. The normalized spacial score (nSPS) is 10.5. The Labute approximate surface area is 153 Å². The van der Waals surface area contributed by atoms with E-state index >= 15 is 0 Å². The van der Waals surface area contributed by atoms with Crippen LogP contribution in [0.1, 0.15) is 31.3 Å². The number of thiazole rings is 1. The summed E-state index contributed by atoms with van der Waals surface area (Å²) in [5.74, 6) is -1.09. The third kappa shape index (κ3) is 3.94. The van der Waals surface area contributed by atoms with Gasteiger partial charge in [-0.05, 0) is 48.9 Å². The zero-order valence-electron chi connectivity index (χ0n) is 14.0. The summed E-state index contributed by atoms with van der Waals surface area (Å²) >= 11 is 1.25. The molecule has 26 heavy (non-hydrogen) atoms. The number of rotatable bonds is 5. The minimum atomic E-state index is -0.514. The van der Waals surface area contributed by atoms with E-state index in [1.165, 1.54) is 23.5 Å². The Morgan fingerprint density at radius 2 is 1.92 bits per heavy atom. The summed E-state index contributed by atoms with van der Waals surface area (Å²) in [4.78, 5) is 28.6. The van der Waals surface area contributed by atoms with Crippen molar-refractivity contribution in [2.45, 2.75) is 13.5 Å². The predicted octanol–water partition coefficient (Wildman–Crippen LogP) is 3.29. The summed E-state index contributed by atoms with van der Waals surface area (Å²) in [5.41, 5.74) is 7.79. The van der Waals surface area contributed by atoms with E-state index in [0.29, 0.717) is 21.1 Å². The average Bonchev–Trinajstić information content (AvgIpc) is 3.02. The molecule has 132 valence electrons. The number of carbonyl (C=O) groups excluding carboxylic acids is 2. The fraction of sp³-hybridized carbons (Fsp3) is 0.105. The van der Waals surface area contributed by atoms with Crippen molar-refractivity contribution in [1.82, 2.24) is 10.3 Å². The lowest BCUT2D eigenvalue weighted by atomic mass is 10.1. The van der Waals surface area contributed by atoms with Crippen LogP contribution in [0.3, 0.4) is 0 Å². The number of halogens is 1. The number of hydrogen-bond donors (Lipinski definition) is 2. The first-order valence-electron chi connectivity index (χ1n) is 7.84. The van der Waals surface area contributed by atoms with Gasteiger partial charge in [0.2, 0.25) is 5.91 Å². The van der Waals surface area contributed by atoms with Crippen LogP contribution >= 0.6 is 11.3 Å². The maximum Gasteiger partial charge on any atom is 0.263 e. The van der Waals surface area contributed by atoms with E-state index in [4.69, 9.17) is 5.73 Å². The number of nitrogens with zero attached hydrogens (tertiary/aromatic N) is 1. The zero-order valence-corrected chi connectivity index (χ0v) is 14.8. The molecular weight excluding hydrogens is 353 g/mol. The second kappa shape index (κ2) is 7.45. The number of primary amides is 1. The van der Waals surface area contributed by atoms with Crippen LogP contribution in [0.4, 0.5) is 4.39 Å². The second-order valence-electron chi connectivity index (χ2n) is 5.69. The van der Waals surface area contributed by atoms with Crippen LogP contribution < -0.4 is 11.1 Å². The van der Waals surface area contributed by atoms with Gasteiger partial charge in [-0.2, -0.15) is 0 Å². The number of nitrogens with one attached hydrogen (secondary N) is 1. The Balaban J connectivity index is 1.73. The number of hydrogen-bond acceptors (Lipinski definition) is 4. The first-order valence-corrected chi connectivity index (χ1v) is 8.66. The molecule has 2 aromatic carbocycles. The Hall–Kier alpha value is -3.06. The van der Waals surface area contributed by atoms with E-state index in [1.807, 2.05) is 0 Å². The third-order valence-corrected chi connectivity index (χ3v) is 4.96. The molecule has 1 heterocycles. The van der Waals surface area contributed by atoms with Crippen LogP contribution in [0, 0.1) is 12.7 Å². The maximum absolute atomic E-state index is 13.0. The molecule has 5 nitrogen and oxygen atoms in total. The highest BCUT2D eigenvalue weighted by atomic mass is 32.1. The van der Waals surface area contributed by atoms with Gasteiger partial charge in [-0.1, -0.05) is 12.1 Å². The fourth-order valence-corrected chi connectivity index (χ4v) is 3.41. The van der Waals surface area contributed by atoms with Gasteiger partial charge in [-0.25, -0.2) is 9.37 Å². The molecule has 0 unspecified atom stereocenters. The van der Waals surface area contributed by atoms with Crippen molar-refractivity contribution < 1.29 is 14.0 Å². The van der Waals surface area contributed by atoms with Crippen molar-refractivity contribution in [2.24, 2.45) is 5.73 Å². The number of aryl methyl sites for hydroxylation is 1. The summed E-state index contributed by atoms with van der Waals surface area (Å²) in [6.45, 7) is 2.02. The van der Waals surface area contributed by atoms with E-state index in [1.54, 1.807) is 43.3 Å². The maximum atomic E-state index is 13.0. The summed E-state index contributed by atoms with van der Waals surface area (Å²) < 4.78 is 13.0. The molecule has 0 spiro atoms. The molecule has 0 saturated heterocycles. The molecule has 3 aromatic rings. The monoisotopic (exact) mass is 369 g/mol. The molecule has 0 aliphatic rings. The summed E-state index contributed by atoms with van der Waals surface area (Å²) in [5, 5.41) is 3.47. The number of amides is 2. The van der Waals surface area contributed by atoms with Crippen LogP contribution in [0.25, 0.3) is 10.6 Å². The van der Waals surface area contributed by atoms with Crippen molar-refractivity contribution in [3.05, 3.63) is 76.0 Å². The second-order valence-corrected chi connectivity index (χ2v) is 6.69. The average molecular weight is 369 g/mol. The van der Waals surface area contributed by atoms with E-state index in [2.05, 4.69) is 10.3 Å². The summed E-state index contributed by atoms with van der Waals surface area (Å²) in [7, 11) is 0. The quantitative estimate of drug-likeness (QED) is 0.724. The number of aromatic nitrogens is 1. The molecular formula is C19H16FN3O2S. The van der Waals surface area contributed by atoms with Gasteiger partial charge in [0.25, 0.3) is 5.91 Å². The van der Waals surface area contributed by atoms with Gasteiger partial charge in [-0.3, -0.25) is 9.59 Å². The van der Waals surface area contributed by atoms with E-state index in [-0.39, 0.29) is 18.3 Å². The lowest BCUT2D eigenvalue weighted by Crippen LogP contribution is -2.23. The standard InChI is InChI=1S/C19H16FN3O2S/c1-11-16(26-19(23-11)13-5-7-15(20)8-6-13)18(25)22-10-12-3-2-4-14(9-12)17(21)24/h2-9H,10H2,1H3,(H2,21,24)(H,22,25). The molecule has 0 aliphatic heterocycles. The summed E-state index contributed by atoms with van der Waals surface area (Å²) in [6.07, 6.45) is 0. The Morgan fingerprint density at radius 1 is 1.19 bits per heavy atom. The molecule has 3 N–H and O–H groups in total. The SMILES string of the molecule is Cc1nc(-c2ccc(F)cc2)sc1C(=O)NCc1cccc(C(N)=O)c1. The molecule has 2 amide bonds. The van der Waals surface area contributed by atoms with Gasteiger partial charge in [0.1, 0.15) is 15.7 Å². The largest absolute Gasteiger partial charge is 0.366 e. The lowest BCUT2D eigenvalue weighted by Gasteiger charge is -2.05. The van der Waals surface area contributed by atoms with Crippen LogP contribution in [0.5, 0.6) is 0 Å². The molecule has 0 saturated carbocycles. The number of carbonyl (C=O) groups is 2. The Bertz CT molecular complexity index is 967.